The van der Waals surface area contributed by atoms with Gasteiger partial charge < -0.3 is 14.2 Å². The summed E-state index contributed by atoms with van der Waals surface area (Å²) in [5, 5.41) is 0. The molecule has 3 heterocycles. The standard InChI is InChI=1S/C36H51NO3.C2H6S/c1-33(2,3)25-13-11-24(12-14-25)32-29-30(36(40-32)17-9-10-18-36)28-26(37-31(29)23-15-19-38-20-16-23)21-35(7,8)22-27(28)39-34(4,5)6;1-3-2/h11-14,23,27,32H,9-10,15-22H2,1-8H3;1-2H3. The Labute approximate surface area is 266 Å². The molecular weight excluding hydrogens is 550 g/mol. The molecule has 6 rings (SSSR count). The number of aromatic nitrogens is 1. The zero-order valence-electron chi connectivity index (χ0n) is 28.7. The van der Waals surface area contributed by atoms with Gasteiger partial charge in [0.25, 0.3) is 0 Å². The molecule has 1 saturated heterocycles. The van der Waals surface area contributed by atoms with Crippen LogP contribution >= 0.6 is 11.8 Å². The predicted molar refractivity (Wildman–Crippen MR) is 180 cm³/mol. The van der Waals surface area contributed by atoms with E-state index < -0.39 is 0 Å². The van der Waals surface area contributed by atoms with E-state index in [9.17, 15) is 0 Å². The quantitative estimate of drug-likeness (QED) is 0.347. The Morgan fingerprint density at radius 2 is 1.51 bits per heavy atom. The van der Waals surface area contributed by atoms with Gasteiger partial charge in [-0.15, -0.1) is 0 Å². The van der Waals surface area contributed by atoms with Crippen LogP contribution in [0.5, 0.6) is 0 Å². The van der Waals surface area contributed by atoms with Crippen LogP contribution in [0.15, 0.2) is 24.3 Å². The molecule has 1 spiro atoms. The number of pyridine rings is 1. The fraction of sp³-hybridized carbons (Fsp3) is 0.711. The zero-order valence-corrected chi connectivity index (χ0v) is 29.5. The summed E-state index contributed by atoms with van der Waals surface area (Å²) in [6, 6.07) is 9.27. The van der Waals surface area contributed by atoms with E-state index in [0.29, 0.717) is 5.92 Å². The first-order chi connectivity index (χ1) is 20.2. The molecule has 0 radical (unpaired) electrons. The second-order valence-electron chi connectivity index (χ2n) is 16.3. The largest absolute Gasteiger partial charge is 0.381 e. The maximum absolute atomic E-state index is 7.39. The first kappa shape index (κ1) is 33.0. The van der Waals surface area contributed by atoms with Crippen LogP contribution in [0.25, 0.3) is 0 Å². The van der Waals surface area contributed by atoms with Gasteiger partial charge in [-0.1, -0.05) is 71.7 Å². The Kier molecular flexibility index (Phi) is 9.52. The van der Waals surface area contributed by atoms with Gasteiger partial charge in [0.2, 0.25) is 0 Å². The molecule has 2 aromatic rings. The van der Waals surface area contributed by atoms with Gasteiger partial charge in [-0.3, -0.25) is 4.98 Å². The van der Waals surface area contributed by atoms with Crippen LogP contribution in [0.2, 0.25) is 0 Å². The average Bonchev–Trinajstić information content (AvgIpc) is 3.52. The third kappa shape index (κ3) is 6.90. The van der Waals surface area contributed by atoms with Crippen molar-refractivity contribution >= 4 is 11.8 Å². The molecule has 238 valence electrons. The summed E-state index contributed by atoms with van der Waals surface area (Å²) >= 11 is 1.75. The zero-order chi connectivity index (χ0) is 31.2. The van der Waals surface area contributed by atoms with Gasteiger partial charge in [-0.05, 0) is 99.3 Å². The van der Waals surface area contributed by atoms with Gasteiger partial charge in [0, 0.05) is 36.0 Å². The van der Waals surface area contributed by atoms with Crippen LogP contribution in [0.3, 0.4) is 0 Å². The van der Waals surface area contributed by atoms with E-state index in [1.54, 1.807) is 11.8 Å². The molecule has 43 heavy (non-hydrogen) atoms. The van der Waals surface area contributed by atoms with E-state index in [1.807, 2.05) is 12.5 Å². The number of thioether (sulfide) groups is 1. The summed E-state index contributed by atoms with van der Waals surface area (Å²) in [7, 11) is 0. The van der Waals surface area contributed by atoms with Gasteiger partial charge in [0.05, 0.1) is 23.0 Å². The van der Waals surface area contributed by atoms with Gasteiger partial charge >= 0.3 is 0 Å². The van der Waals surface area contributed by atoms with Crippen LogP contribution in [0, 0.1) is 5.41 Å². The fourth-order valence-electron chi connectivity index (χ4n) is 7.91. The van der Waals surface area contributed by atoms with E-state index >= 15 is 0 Å². The van der Waals surface area contributed by atoms with Crippen LogP contribution in [0.4, 0.5) is 0 Å². The Morgan fingerprint density at radius 1 is 0.907 bits per heavy atom. The molecule has 4 aliphatic rings. The summed E-state index contributed by atoms with van der Waals surface area (Å²) in [4.78, 5) is 5.66. The molecular formula is C38H57NO3S. The predicted octanol–water partition coefficient (Wildman–Crippen LogP) is 9.97. The highest BCUT2D eigenvalue weighted by atomic mass is 32.2. The Morgan fingerprint density at radius 3 is 2.07 bits per heavy atom. The smallest absolute Gasteiger partial charge is 0.111 e. The molecule has 1 saturated carbocycles. The lowest BCUT2D eigenvalue weighted by Gasteiger charge is -2.42. The number of rotatable bonds is 3. The number of ether oxygens (including phenoxy) is 3. The van der Waals surface area contributed by atoms with E-state index in [2.05, 4.69) is 79.7 Å². The van der Waals surface area contributed by atoms with Crippen LogP contribution in [0.1, 0.15) is 158 Å². The van der Waals surface area contributed by atoms with Crippen molar-refractivity contribution in [2.24, 2.45) is 5.41 Å². The van der Waals surface area contributed by atoms with Gasteiger partial charge in [0.15, 0.2) is 0 Å². The maximum Gasteiger partial charge on any atom is 0.111 e. The van der Waals surface area contributed by atoms with Crippen molar-refractivity contribution in [2.45, 2.75) is 141 Å². The minimum atomic E-state index is -0.239. The summed E-state index contributed by atoms with van der Waals surface area (Å²) in [6.45, 7) is 19.8. The van der Waals surface area contributed by atoms with E-state index in [0.717, 1.165) is 51.7 Å². The molecule has 1 aromatic heterocycles. The summed E-state index contributed by atoms with van der Waals surface area (Å²) in [6.07, 6.45) is 12.7. The fourth-order valence-corrected chi connectivity index (χ4v) is 7.91. The van der Waals surface area contributed by atoms with E-state index in [1.165, 1.54) is 52.0 Å². The topological polar surface area (TPSA) is 40.6 Å². The third-order valence-corrected chi connectivity index (χ3v) is 9.74. The minimum Gasteiger partial charge on any atom is -0.381 e. The molecule has 2 aliphatic heterocycles. The molecule has 5 heteroatoms. The molecule has 2 fully saturated rings. The highest BCUT2D eigenvalue weighted by Crippen LogP contribution is 2.60. The van der Waals surface area contributed by atoms with Crippen LogP contribution < -0.4 is 0 Å². The van der Waals surface area contributed by atoms with Gasteiger partial charge in [0.1, 0.15) is 6.10 Å². The maximum atomic E-state index is 7.39. The Bertz CT molecular complexity index is 1260. The molecule has 2 atom stereocenters. The van der Waals surface area contributed by atoms with Crippen molar-refractivity contribution in [2.75, 3.05) is 25.7 Å². The lowest BCUT2D eigenvalue weighted by Crippen LogP contribution is -2.36. The lowest BCUT2D eigenvalue weighted by atomic mass is 9.70. The first-order valence-electron chi connectivity index (χ1n) is 16.7. The van der Waals surface area contributed by atoms with Gasteiger partial charge in [-0.25, -0.2) is 0 Å². The van der Waals surface area contributed by atoms with Crippen molar-refractivity contribution in [1.82, 2.24) is 4.98 Å². The first-order valence-corrected chi connectivity index (χ1v) is 18.3. The number of hydrogen-bond acceptors (Lipinski definition) is 5. The second kappa shape index (κ2) is 12.4. The third-order valence-electron chi connectivity index (χ3n) is 9.74. The average molecular weight is 608 g/mol. The van der Waals surface area contributed by atoms with Crippen molar-refractivity contribution in [1.29, 1.82) is 0 Å². The second-order valence-corrected chi connectivity index (χ2v) is 17.1. The molecule has 2 unspecified atom stereocenters. The molecule has 2 aliphatic carbocycles. The summed E-state index contributed by atoms with van der Waals surface area (Å²) in [5.41, 5.74) is 9.18. The van der Waals surface area contributed by atoms with Crippen molar-refractivity contribution in [3.05, 3.63) is 63.5 Å². The summed E-state index contributed by atoms with van der Waals surface area (Å²) in [5.74, 6) is 0.413. The monoisotopic (exact) mass is 607 g/mol. The van der Waals surface area contributed by atoms with Crippen molar-refractivity contribution in [3.8, 4) is 0 Å². The highest BCUT2D eigenvalue weighted by molar-refractivity contribution is 7.97. The highest BCUT2D eigenvalue weighted by Gasteiger charge is 2.53. The molecule has 4 nitrogen and oxygen atoms in total. The molecule has 1 aromatic carbocycles. The lowest BCUT2D eigenvalue weighted by molar-refractivity contribution is -0.0881. The Balaban J connectivity index is 0.00000118. The molecule has 0 amide bonds. The normalized spacial score (nSPS) is 24.8. The van der Waals surface area contributed by atoms with Crippen LogP contribution in [-0.4, -0.2) is 36.3 Å². The van der Waals surface area contributed by atoms with Crippen molar-refractivity contribution < 1.29 is 14.2 Å². The van der Waals surface area contributed by atoms with Crippen LogP contribution in [-0.2, 0) is 31.6 Å². The Hall–Kier alpha value is -1.40. The minimum absolute atomic E-state index is 0.0341. The molecule has 0 bridgehead atoms. The molecule has 0 N–H and O–H groups in total. The number of benzene rings is 1. The van der Waals surface area contributed by atoms with E-state index in [-0.39, 0.29) is 34.2 Å². The SMILES string of the molecule is CC1(C)Cc2nc(C3CCOCC3)c3c(c2C(OC(C)(C)C)C1)C1(CCCC1)OC3c1ccc(C(C)(C)C)cc1.CSC. The number of nitrogens with zero attached hydrogens (tertiary/aromatic N) is 1. The van der Waals surface area contributed by atoms with Crippen molar-refractivity contribution in [3.63, 3.8) is 0 Å². The van der Waals surface area contributed by atoms with Gasteiger partial charge in [-0.2, -0.15) is 11.8 Å². The number of fused-ring (bicyclic) bond motifs is 4. The number of hydrogen-bond donors (Lipinski definition) is 0. The van der Waals surface area contributed by atoms with E-state index in [4.69, 9.17) is 19.2 Å². The summed E-state index contributed by atoms with van der Waals surface area (Å²) < 4.78 is 20.2.